The van der Waals surface area contributed by atoms with Crippen molar-refractivity contribution < 1.29 is 13.9 Å². The summed E-state index contributed by atoms with van der Waals surface area (Å²) >= 11 is 0. The summed E-state index contributed by atoms with van der Waals surface area (Å²) in [5.74, 6) is -0.249. The van der Waals surface area contributed by atoms with Crippen LogP contribution in [0.5, 0.6) is 0 Å². The van der Waals surface area contributed by atoms with Gasteiger partial charge in [0.15, 0.2) is 0 Å². The topological polar surface area (TPSA) is 29.5 Å². The maximum Gasteiger partial charge on any atom is 0.240 e. The van der Waals surface area contributed by atoms with Gasteiger partial charge in [-0.2, -0.15) is 0 Å². The van der Waals surface area contributed by atoms with Crippen LogP contribution in [-0.4, -0.2) is 26.7 Å². The third-order valence-corrected chi connectivity index (χ3v) is 7.26. The zero-order valence-corrected chi connectivity index (χ0v) is 17.2. The van der Waals surface area contributed by atoms with Crippen LogP contribution >= 0.6 is 0 Å². The van der Waals surface area contributed by atoms with Crippen LogP contribution < -0.4 is 4.90 Å². The standard InChI is InChI=1S/C22H26FNO2Si/c1-27(2,3)14-18-12-22(15-26-18)19-11-17(23)9-10-20(19)24(21(22)25)13-16-7-5-4-6-8-16/h4-11,18H,12-15H2,1-3H3. The molecule has 2 heterocycles. The van der Waals surface area contributed by atoms with Crippen molar-refractivity contribution in [3.8, 4) is 0 Å². The van der Waals surface area contributed by atoms with E-state index in [1.54, 1.807) is 12.1 Å². The van der Waals surface area contributed by atoms with Crippen LogP contribution in [0.3, 0.4) is 0 Å². The molecule has 2 aliphatic rings. The molecule has 0 aromatic heterocycles. The van der Waals surface area contributed by atoms with Gasteiger partial charge in [0.05, 0.1) is 19.3 Å². The maximum absolute atomic E-state index is 14.1. The molecular formula is C22H26FNO2Si. The molecule has 2 aromatic carbocycles. The second kappa shape index (κ2) is 6.57. The number of hydrogen-bond acceptors (Lipinski definition) is 2. The van der Waals surface area contributed by atoms with Gasteiger partial charge in [-0.25, -0.2) is 4.39 Å². The molecular weight excluding hydrogens is 357 g/mol. The number of benzene rings is 2. The van der Waals surface area contributed by atoms with Gasteiger partial charge in [0.1, 0.15) is 11.2 Å². The van der Waals surface area contributed by atoms with E-state index in [0.29, 0.717) is 19.6 Å². The predicted octanol–water partition coefficient (Wildman–Crippen LogP) is 4.74. The largest absolute Gasteiger partial charge is 0.377 e. The molecule has 1 spiro atoms. The lowest BCUT2D eigenvalue weighted by molar-refractivity contribution is -0.123. The molecule has 0 bridgehead atoms. The molecule has 0 aliphatic carbocycles. The smallest absolute Gasteiger partial charge is 0.240 e. The van der Waals surface area contributed by atoms with Crippen LogP contribution in [0.25, 0.3) is 0 Å². The summed E-state index contributed by atoms with van der Waals surface area (Å²) in [7, 11) is -1.32. The molecule has 2 aromatic rings. The SMILES string of the molecule is C[Si](C)(C)CC1CC2(CO1)C(=O)N(Cc1ccccc1)c1ccc(F)cc12. The molecule has 2 unspecified atom stereocenters. The van der Waals surface area contributed by atoms with E-state index in [1.807, 2.05) is 35.2 Å². The Bertz CT molecular complexity index is 864. The summed E-state index contributed by atoms with van der Waals surface area (Å²) in [5.41, 5.74) is 1.94. The summed E-state index contributed by atoms with van der Waals surface area (Å²) < 4.78 is 20.2. The maximum atomic E-state index is 14.1. The van der Waals surface area contributed by atoms with Crippen molar-refractivity contribution in [2.45, 2.75) is 50.2 Å². The van der Waals surface area contributed by atoms with Crippen LogP contribution in [0.4, 0.5) is 10.1 Å². The normalized spacial score (nSPS) is 24.7. The Morgan fingerprint density at radius 1 is 1.19 bits per heavy atom. The van der Waals surface area contributed by atoms with Gasteiger partial charge < -0.3 is 9.64 Å². The van der Waals surface area contributed by atoms with E-state index in [1.165, 1.54) is 6.07 Å². The predicted molar refractivity (Wildman–Crippen MR) is 108 cm³/mol. The van der Waals surface area contributed by atoms with Crippen LogP contribution in [0, 0.1) is 5.82 Å². The van der Waals surface area contributed by atoms with Gasteiger partial charge in [-0.05, 0) is 41.8 Å². The first-order chi connectivity index (χ1) is 12.8. The number of rotatable bonds is 4. The zero-order chi connectivity index (χ0) is 19.2. The number of anilines is 1. The van der Waals surface area contributed by atoms with Crippen molar-refractivity contribution in [1.82, 2.24) is 0 Å². The lowest BCUT2D eigenvalue weighted by Gasteiger charge is -2.24. The fourth-order valence-corrected chi connectivity index (χ4v) is 6.08. The lowest BCUT2D eigenvalue weighted by Crippen LogP contribution is -2.41. The van der Waals surface area contributed by atoms with Gasteiger partial charge >= 0.3 is 0 Å². The highest BCUT2D eigenvalue weighted by Crippen LogP contribution is 2.50. The van der Waals surface area contributed by atoms with Crippen LogP contribution in [0.15, 0.2) is 48.5 Å². The summed E-state index contributed by atoms with van der Waals surface area (Å²) in [6.45, 7) is 7.79. The molecule has 4 rings (SSSR count). The molecule has 1 fully saturated rings. The lowest BCUT2D eigenvalue weighted by atomic mass is 9.79. The molecule has 3 nitrogen and oxygen atoms in total. The van der Waals surface area contributed by atoms with Gasteiger partial charge in [-0.3, -0.25) is 4.79 Å². The summed E-state index contributed by atoms with van der Waals surface area (Å²) in [5, 5.41) is 0. The van der Waals surface area contributed by atoms with Gasteiger partial charge in [0.2, 0.25) is 5.91 Å². The highest BCUT2D eigenvalue weighted by Gasteiger charge is 2.56. The van der Waals surface area contributed by atoms with Gasteiger partial charge in [0, 0.05) is 13.8 Å². The number of nitrogens with zero attached hydrogens (tertiary/aromatic N) is 1. The Balaban J connectivity index is 1.70. The summed E-state index contributed by atoms with van der Waals surface area (Å²) in [4.78, 5) is 15.4. The van der Waals surface area contributed by atoms with E-state index < -0.39 is 13.5 Å². The van der Waals surface area contributed by atoms with E-state index in [0.717, 1.165) is 22.9 Å². The Hall–Kier alpha value is -1.98. The first kappa shape index (κ1) is 18.4. The molecule has 1 saturated heterocycles. The number of ether oxygens (including phenoxy) is 1. The Morgan fingerprint density at radius 2 is 1.93 bits per heavy atom. The van der Waals surface area contributed by atoms with Crippen molar-refractivity contribution >= 4 is 19.7 Å². The first-order valence-electron chi connectivity index (χ1n) is 9.56. The second-order valence-corrected chi connectivity index (χ2v) is 14.6. The average Bonchev–Trinajstić information content (AvgIpc) is 3.11. The molecule has 1 amide bonds. The fraction of sp³-hybridized carbons (Fsp3) is 0.409. The van der Waals surface area contributed by atoms with Gasteiger partial charge in [-0.1, -0.05) is 50.0 Å². The minimum absolute atomic E-state index is 0.0463. The zero-order valence-electron chi connectivity index (χ0n) is 16.2. The molecule has 0 N–H and O–H groups in total. The quantitative estimate of drug-likeness (QED) is 0.714. The Kier molecular flexibility index (Phi) is 4.47. The fourth-order valence-electron chi connectivity index (χ4n) is 4.45. The molecule has 2 atom stereocenters. The average molecular weight is 384 g/mol. The minimum atomic E-state index is -1.32. The highest BCUT2D eigenvalue weighted by molar-refractivity contribution is 6.76. The van der Waals surface area contributed by atoms with E-state index in [4.69, 9.17) is 4.74 Å². The highest BCUT2D eigenvalue weighted by atomic mass is 28.3. The number of carbonyl (C=O) groups excluding carboxylic acids is 1. The molecule has 142 valence electrons. The van der Waals surface area contributed by atoms with Crippen LogP contribution in [0.1, 0.15) is 17.5 Å². The Labute approximate surface area is 161 Å². The van der Waals surface area contributed by atoms with Crippen molar-refractivity contribution in [1.29, 1.82) is 0 Å². The Morgan fingerprint density at radius 3 is 2.63 bits per heavy atom. The first-order valence-corrected chi connectivity index (χ1v) is 13.3. The van der Waals surface area contributed by atoms with Crippen LogP contribution in [-0.2, 0) is 21.5 Å². The van der Waals surface area contributed by atoms with Gasteiger partial charge in [0.25, 0.3) is 0 Å². The summed E-state index contributed by atoms with van der Waals surface area (Å²) in [6.07, 6.45) is 0.728. The third-order valence-electron chi connectivity index (χ3n) is 5.58. The molecule has 27 heavy (non-hydrogen) atoms. The van der Waals surface area contributed by atoms with E-state index >= 15 is 0 Å². The van der Waals surface area contributed by atoms with Crippen molar-refractivity contribution in [3.63, 3.8) is 0 Å². The van der Waals surface area contributed by atoms with Crippen molar-refractivity contribution in [2.24, 2.45) is 0 Å². The number of halogens is 1. The monoisotopic (exact) mass is 383 g/mol. The molecule has 0 radical (unpaired) electrons. The molecule has 0 saturated carbocycles. The molecule has 5 heteroatoms. The number of amides is 1. The molecule has 2 aliphatic heterocycles. The van der Waals surface area contributed by atoms with E-state index in [2.05, 4.69) is 19.6 Å². The van der Waals surface area contributed by atoms with E-state index in [9.17, 15) is 9.18 Å². The number of hydrogen-bond donors (Lipinski definition) is 0. The number of fused-ring (bicyclic) bond motifs is 2. The minimum Gasteiger partial charge on any atom is -0.377 e. The van der Waals surface area contributed by atoms with E-state index in [-0.39, 0.29) is 17.8 Å². The van der Waals surface area contributed by atoms with Gasteiger partial charge in [-0.15, -0.1) is 0 Å². The van der Waals surface area contributed by atoms with Crippen molar-refractivity contribution in [2.75, 3.05) is 11.5 Å². The number of carbonyl (C=O) groups is 1. The second-order valence-electron chi connectivity index (χ2n) is 9.02. The summed E-state index contributed by atoms with van der Waals surface area (Å²) in [6, 6.07) is 15.7. The van der Waals surface area contributed by atoms with Crippen LogP contribution in [0.2, 0.25) is 25.7 Å². The van der Waals surface area contributed by atoms with Crippen molar-refractivity contribution in [3.05, 3.63) is 65.5 Å². The third kappa shape index (κ3) is 3.34.